The van der Waals surface area contributed by atoms with Gasteiger partial charge in [-0.2, -0.15) is 0 Å². The van der Waals surface area contributed by atoms with Crippen molar-refractivity contribution in [2.75, 3.05) is 0 Å². The summed E-state index contributed by atoms with van der Waals surface area (Å²) in [6, 6.07) is 0.555. The van der Waals surface area contributed by atoms with Gasteiger partial charge >= 0.3 is 12.3 Å². The summed E-state index contributed by atoms with van der Waals surface area (Å²) in [5, 5.41) is 17.6. The average Bonchev–Trinajstić information content (AvgIpc) is 2.07. The van der Waals surface area contributed by atoms with Crippen LogP contribution in [0.15, 0.2) is 6.07 Å². The number of carboxylic acids is 1. The molecular formula is C8H6F3NO4. The van der Waals surface area contributed by atoms with Crippen molar-refractivity contribution in [3.05, 3.63) is 17.5 Å². The molecule has 1 aromatic rings. The SMILES string of the molecule is Cc1nc(C(=O)O)c(O)cc1OC(F)(F)F. The predicted octanol–water partition coefficient (Wildman–Crippen LogP) is 1.69. The monoisotopic (exact) mass is 237 g/mol. The van der Waals surface area contributed by atoms with E-state index >= 15 is 0 Å². The molecule has 1 aromatic heterocycles. The molecule has 1 heterocycles. The number of aryl methyl sites for hydroxylation is 1. The topological polar surface area (TPSA) is 79.7 Å². The number of carbonyl (C=O) groups is 1. The number of carboxylic acid groups (broad SMARTS) is 1. The molecule has 0 saturated heterocycles. The molecule has 8 heteroatoms. The quantitative estimate of drug-likeness (QED) is 0.818. The van der Waals surface area contributed by atoms with E-state index in [1.807, 2.05) is 0 Å². The maximum absolute atomic E-state index is 11.9. The average molecular weight is 237 g/mol. The fourth-order valence-corrected chi connectivity index (χ4v) is 0.962. The third-order valence-electron chi connectivity index (χ3n) is 1.57. The second-order valence-electron chi connectivity index (χ2n) is 2.79. The normalized spacial score (nSPS) is 11.2. The van der Waals surface area contributed by atoms with Crippen LogP contribution in [0.3, 0.4) is 0 Å². The Morgan fingerprint density at radius 2 is 2.06 bits per heavy atom. The number of alkyl halides is 3. The Morgan fingerprint density at radius 3 is 2.50 bits per heavy atom. The highest BCUT2D eigenvalue weighted by Gasteiger charge is 2.32. The van der Waals surface area contributed by atoms with Gasteiger partial charge in [-0.15, -0.1) is 13.2 Å². The maximum atomic E-state index is 11.9. The number of aromatic hydroxyl groups is 1. The van der Waals surface area contributed by atoms with Crippen LogP contribution in [0.4, 0.5) is 13.2 Å². The molecule has 2 N–H and O–H groups in total. The molecule has 16 heavy (non-hydrogen) atoms. The highest BCUT2D eigenvalue weighted by atomic mass is 19.4. The molecule has 1 rings (SSSR count). The summed E-state index contributed by atoms with van der Waals surface area (Å²) >= 11 is 0. The molecule has 0 fully saturated rings. The van der Waals surface area contributed by atoms with Crippen molar-refractivity contribution in [1.82, 2.24) is 4.98 Å². The van der Waals surface area contributed by atoms with Gasteiger partial charge in [-0.25, -0.2) is 9.78 Å². The van der Waals surface area contributed by atoms with Gasteiger partial charge in [0.2, 0.25) is 0 Å². The molecule has 0 saturated carbocycles. The van der Waals surface area contributed by atoms with Crippen LogP contribution in [-0.4, -0.2) is 27.5 Å². The molecule has 0 amide bonds. The molecule has 0 radical (unpaired) electrons. The summed E-state index contributed by atoms with van der Waals surface area (Å²) in [5.74, 6) is -3.17. The Labute approximate surface area is 87.1 Å². The number of nitrogens with zero attached hydrogens (tertiary/aromatic N) is 1. The Morgan fingerprint density at radius 1 is 1.50 bits per heavy atom. The van der Waals surface area contributed by atoms with E-state index in [9.17, 15) is 18.0 Å². The minimum atomic E-state index is -4.93. The van der Waals surface area contributed by atoms with E-state index in [1.165, 1.54) is 0 Å². The molecule has 0 aliphatic heterocycles. The molecule has 5 nitrogen and oxygen atoms in total. The number of aromatic nitrogens is 1. The Bertz CT molecular complexity index is 430. The first kappa shape index (κ1) is 12.1. The van der Waals surface area contributed by atoms with Crippen molar-refractivity contribution in [3.63, 3.8) is 0 Å². The lowest BCUT2D eigenvalue weighted by atomic mass is 10.2. The molecular weight excluding hydrogens is 231 g/mol. The standard InChI is InChI=1S/C8H6F3NO4/c1-3-5(16-8(9,10)11)2-4(13)6(12-3)7(14)15/h2,13H,1H3,(H,14,15). The van der Waals surface area contributed by atoms with Gasteiger partial charge < -0.3 is 14.9 Å². The van der Waals surface area contributed by atoms with Gasteiger partial charge in [-0.1, -0.05) is 0 Å². The highest BCUT2D eigenvalue weighted by molar-refractivity contribution is 5.88. The lowest BCUT2D eigenvalue weighted by molar-refractivity contribution is -0.275. The smallest absolute Gasteiger partial charge is 0.505 e. The summed E-state index contributed by atoms with van der Waals surface area (Å²) in [6.07, 6.45) is -4.93. The molecule has 88 valence electrons. The van der Waals surface area contributed by atoms with Crippen molar-refractivity contribution < 1.29 is 32.9 Å². The van der Waals surface area contributed by atoms with E-state index in [-0.39, 0.29) is 5.69 Å². The first-order valence-corrected chi connectivity index (χ1v) is 3.90. The number of hydrogen-bond acceptors (Lipinski definition) is 4. The van der Waals surface area contributed by atoms with Crippen LogP contribution in [0.2, 0.25) is 0 Å². The second-order valence-corrected chi connectivity index (χ2v) is 2.79. The van der Waals surface area contributed by atoms with Crippen LogP contribution in [0.1, 0.15) is 16.2 Å². The minimum Gasteiger partial charge on any atom is -0.505 e. The molecule has 0 atom stereocenters. The van der Waals surface area contributed by atoms with Gasteiger partial charge in [0.05, 0.1) is 5.69 Å². The van der Waals surface area contributed by atoms with Gasteiger partial charge in [0, 0.05) is 6.07 Å². The predicted molar refractivity (Wildman–Crippen MR) is 44.3 cm³/mol. The molecule has 0 aliphatic carbocycles. The molecule has 0 bridgehead atoms. The fraction of sp³-hybridized carbons (Fsp3) is 0.250. The van der Waals surface area contributed by atoms with Crippen LogP contribution < -0.4 is 4.74 Å². The summed E-state index contributed by atoms with van der Waals surface area (Å²) in [7, 11) is 0. The molecule has 0 unspecified atom stereocenters. The van der Waals surface area contributed by atoms with Crippen molar-refractivity contribution in [1.29, 1.82) is 0 Å². The summed E-state index contributed by atoms with van der Waals surface area (Å²) in [6.45, 7) is 1.13. The Kier molecular flexibility index (Phi) is 2.92. The summed E-state index contributed by atoms with van der Waals surface area (Å²) in [5.41, 5.74) is -1.01. The Balaban J connectivity index is 3.16. The summed E-state index contributed by atoms with van der Waals surface area (Å²) < 4.78 is 39.1. The van der Waals surface area contributed by atoms with Crippen LogP contribution in [0.25, 0.3) is 0 Å². The number of ether oxygens (including phenoxy) is 1. The van der Waals surface area contributed by atoms with Gasteiger partial charge in [-0.3, -0.25) is 0 Å². The third-order valence-corrected chi connectivity index (χ3v) is 1.57. The summed E-state index contributed by atoms with van der Waals surface area (Å²) in [4.78, 5) is 13.8. The minimum absolute atomic E-state index is 0.285. The molecule has 0 aliphatic rings. The number of halogens is 3. The number of pyridine rings is 1. The van der Waals surface area contributed by atoms with Crippen molar-refractivity contribution in [3.8, 4) is 11.5 Å². The van der Waals surface area contributed by atoms with Gasteiger partial charge in [-0.05, 0) is 6.92 Å². The van der Waals surface area contributed by atoms with Crippen LogP contribution >= 0.6 is 0 Å². The van der Waals surface area contributed by atoms with Crippen molar-refractivity contribution in [2.24, 2.45) is 0 Å². The zero-order chi connectivity index (χ0) is 12.5. The highest BCUT2D eigenvalue weighted by Crippen LogP contribution is 2.29. The van der Waals surface area contributed by atoms with E-state index in [4.69, 9.17) is 10.2 Å². The molecule has 0 aromatic carbocycles. The first-order valence-electron chi connectivity index (χ1n) is 3.90. The zero-order valence-electron chi connectivity index (χ0n) is 7.87. The number of aromatic carboxylic acids is 1. The number of hydrogen-bond donors (Lipinski definition) is 2. The van der Waals surface area contributed by atoms with Crippen LogP contribution in [0, 0.1) is 6.92 Å². The molecule has 0 spiro atoms. The maximum Gasteiger partial charge on any atom is 0.573 e. The van der Waals surface area contributed by atoms with Crippen molar-refractivity contribution in [2.45, 2.75) is 13.3 Å². The first-order chi connectivity index (χ1) is 7.20. The van der Waals surface area contributed by atoms with E-state index < -0.39 is 29.5 Å². The van der Waals surface area contributed by atoms with E-state index in [0.29, 0.717) is 6.07 Å². The largest absolute Gasteiger partial charge is 0.573 e. The Hall–Kier alpha value is -1.99. The van der Waals surface area contributed by atoms with E-state index in [2.05, 4.69) is 9.72 Å². The zero-order valence-corrected chi connectivity index (χ0v) is 7.87. The third kappa shape index (κ3) is 2.75. The van der Waals surface area contributed by atoms with E-state index in [0.717, 1.165) is 6.92 Å². The van der Waals surface area contributed by atoms with Gasteiger partial charge in [0.25, 0.3) is 0 Å². The lowest BCUT2D eigenvalue weighted by Crippen LogP contribution is -2.18. The van der Waals surface area contributed by atoms with Gasteiger partial charge in [0.15, 0.2) is 17.2 Å². The van der Waals surface area contributed by atoms with Crippen molar-refractivity contribution >= 4 is 5.97 Å². The van der Waals surface area contributed by atoms with Gasteiger partial charge in [0.1, 0.15) is 0 Å². The van der Waals surface area contributed by atoms with E-state index in [1.54, 1.807) is 0 Å². The van der Waals surface area contributed by atoms with Crippen LogP contribution in [-0.2, 0) is 0 Å². The van der Waals surface area contributed by atoms with Crippen LogP contribution in [0.5, 0.6) is 11.5 Å². The second kappa shape index (κ2) is 3.87. The number of rotatable bonds is 2. The fourth-order valence-electron chi connectivity index (χ4n) is 0.962. The lowest BCUT2D eigenvalue weighted by Gasteiger charge is -2.11.